The monoisotopic (exact) mass is 294 g/mol. The van der Waals surface area contributed by atoms with Gasteiger partial charge in [-0.3, -0.25) is 0 Å². The van der Waals surface area contributed by atoms with Crippen LogP contribution in [-0.2, 0) is 0 Å². The van der Waals surface area contributed by atoms with Gasteiger partial charge in [-0.2, -0.15) is 0 Å². The van der Waals surface area contributed by atoms with Crippen LogP contribution >= 0.6 is 27.5 Å². The molecule has 84 valence electrons. The molecule has 2 atom stereocenters. The van der Waals surface area contributed by atoms with Gasteiger partial charge < -0.3 is 15.9 Å². The molecule has 0 amide bonds. The summed E-state index contributed by atoms with van der Waals surface area (Å²) in [6.45, 7) is 0. The Morgan fingerprint density at radius 2 is 2.13 bits per heavy atom. The lowest BCUT2D eigenvalue weighted by molar-refractivity contribution is 0.0148. The molecular weight excluding hydrogens is 283 g/mol. The number of hydrogen-bond donors (Lipinski definition) is 3. The molecule has 4 nitrogen and oxygen atoms in total. The summed E-state index contributed by atoms with van der Waals surface area (Å²) < 4.78 is 0. The maximum atomic E-state index is 9.70. The molecule has 0 spiro atoms. The zero-order valence-corrected chi connectivity index (χ0v) is 10.2. The van der Waals surface area contributed by atoms with Crippen LogP contribution in [0.4, 0.5) is 5.69 Å². The van der Waals surface area contributed by atoms with E-state index in [1.807, 2.05) is 0 Å². The number of nitrogens with two attached hydrogens (primary N) is 1. The summed E-state index contributed by atoms with van der Waals surface area (Å²) in [5.41, 5.74) is 6.15. The molecule has 0 aliphatic carbocycles. The maximum absolute atomic E-state index is 9.70. The smallest absolute Gasteiger partial charge is 0.152 e. The molecule has 0 aliphatic heterocycles. The Labute approximate surface area is 101 Å². The SMILES string of the molecule is Nc1ccc(C(O)C(O)CCBr)nc1Cl. The first-order valence-corrected chi connectivity index (χ1v) is 5.90. The van der Waals surface area contributed by atoms with Gasteiger partial charge in [0.2, 0.25) is 0 Å². The zero-order chi connectivity index (χ0) is 11.4. The highest BCUT2D eigenvalue weighted by molar-refractivity contribution is 9.09. The average Bonchev–Trinajstić information content (AvgIpc) is 2.21. The van der Waals surface area contributed by atoms with E-state index in [-0.39, 0.29) is 5.15 Å². The highest BCUT2D eigenvalue weighted by Crippen LogP contribution is 2.22. The third-order valence-corrected chi connectivity index (χ3v) is 2.73. The molecule has 0 radical (unpaired) electrons. The Hall–Kier alpha value is -0.360. The van der Waals surface area contributed by atoms with Crippen molar-refractivity contribution in [2.75, 3.05) is 11.1 Å². The second-order valence-corrected chi connectivity index (χ2v) is 4.26. The number of nitrogen functional groups attached to an aromatic ring is 1. The minimum Gasteiger partial charge on any atom is -0.396 e. The van der Waals surface area contributed by atoms with Gasteiger partial charge in [-0.05, 0) is 18.6 Å². The lowest BCUT2D eigenvalue weighted by atomic mass is 10.1. The van der Waals surface area contributed by atoms with Crippen molar-refractivity contribution in [3.63, 3.8) is 0 Å². The number of nitrogens with zero attached hydrogens (tertiary/aromatic N) is 1. The van der Waals surface area contributed by atoms with Gasteiger partial charge in [0, 0.05) is 5.33 Å². The van der Waals surface area contributed by atoms with E-state index in [0.29, 0.717) is 23.1 Å². The van der Waals surface area contributed by atoms with E-state index < -0.39 is 12.2 Å². The van der Waals surface area contributed by atoms with E-state index >= 15 is 0 Å². The van der Waals surface area contributed by atoms with Crippen molar-refractivity contribution in [1.82, 2.24) is 4.98 Å². The van der Waals surface area contributed by atoms with Gasteiger partial charge in [-0.25, -0.2) is 4.98 Å². The van der Waals surface area contributed by atoms with E-state index in [0.717, 1.165) is 0 Å². The van der Waals surface area contributed by atoms with Crippen LogP contribution in [0.1, 0.15) is 18.2 Å². The summed E-state index contributed by atoms with van der Waals surface area (Å²) in [5, 5.41) is 20.0. The van der Waals surface area contributed by atoms with Gasteiger partial charge in [-0.15, -0.1) is 0 Å². The number of alkyl halides is 1. The van der Waals surface area contributed by atoms with Gasteiger partial charge in [-0.1, -0.05) is 27.5 Å². The average molecular weight is 296 g/mol. The molecule has 2 unspecified atom stereocenters. The topological polar surface area (TPSA) is 79.4 Å². The minimum atomic E-state index is -1.04. The van der Waals surface area contributed by atoms with E-state index in [2.05, 4.69) is 20.9 Å². The Balaban J connectivity index is 2.81. The lowest BCUT2D eigenvalue weighted by Crippen LogP contribution is -2.19. The molecule has 1 aromatic heterocycles. The molecular formula is C9H12BrClN2O2. The maximum Gasteiger partial charge on any atom is 0.152 e. The quantitative estimate of drug-likeness (QED) is 0.581. The highest BCUT2D eigenvalue weighted by Gasteiger charge is 2.19. The number of hydrogen-bond acceptors (Lipinski definition) is 4. The first-order valence-electron chi connectivity index (χ1n) is 4.40. The van der Waals surface area contributed by atoms with Crippen LogP contribution in [0.25, 0.3) is 0 Å². The molecule has 0 fully saturated rings. The molecule has 0 bridgehead atoms. The van der Waals surface area contributed by atoms with Crippen LogP contribution < -0.4 is 5.73 Å². The highest BCUT2D eigenvalue weighted by atomic mass is 79.9. The fraction of sp³-hybridized carbons (Fsp3) is 0.444. The van der Waals surface area contributed by atoms with Crippen LogP contribution in [0.5, 0.6) is 0 Å². The standard InChI is InChI=1S/C9H12BrClN2O2/c10-4-3-7(14)8(15)6-2-1-5(12)9(11)13-6/h1-2,7-8,14-15H,3-4,12H2. The van der Waals surface area contributed by atoms with Crippen molar-refractivity contribution in [3.8, 4) is 0 Å². The van der Waals surface area contributed by atoms with Gasteiger partial charge >= 0.3 is 0 Å². The molecule has 15 heavy (non-hydrogen) atoms. The van der Waals surface area contributed by atoms with Crippen LogP contribution in [-0.4, -0.2) is 26.6 Å². The number of rotatable bonds is 4. The van der Waals surface area contributed by atoms with E-state index in [9.17, 15) is 10.2 Å². The van der Waals surface area contributed by atoms with Gasteiger partial charge in [0.1, 0.15) is 6.10 Å². The van der Waals surface area contributed by atoms with Crippen LogP contribution in [0.2, 0.25) is 5.15 Å². The number of pyridine rings is 1. The molecule has 0 aliphatic rings. The van der Waals surface area contributed by atoms with Crippen molar-refractivity contribution in [2.45, 2.75) is 18.6 Å². The number of halogens is 2. The Morgan fingerprint density at radius 1 is 1.47 bits per heavy atom. The summed E-state index contributed by atoms with van der Waals surface area (Å²) >= 11 is 8.88. The first kappa shape index (κ1) is 12.7. The normalized spacial score (nSPS) is 14.9. The predicted octanol–water partition coefficient (Wildman–Crippen LogP) is 1.50. The molecule has 1 heterocycles. The number of aliphatic hydroxyl groups is 2. The van der Waals surface area contributed by atoms with Crippen molar-refractivity contribution in [1.29, 1.82) is 0 Å². The Kier molecular flexibility index (Phi) is 4.79. The third-order valence-electron chi connectivity index (χ3n) is 1.97. The molecule has 1 aromatic rings. The Bertz CT molecular complexity index is 338. The largest absolute Gasteiger partial charge is 0.396 e. The fourth-order valence-electron chi connectivity index (χ4n) is 1.09. The van der Waals surface area contributed by atoms with Crippen molar-refractivity contribution in [2.24, 2.45) is 0 Å². The molecule has 1 rings (SSSR count). The molecule has 0 aromatic carbocycles. The number of aromatic nitrogens is 1. The van der Waals surface area contributed by atoms with Crippen molar-refractivity contribution in [3.05, 3.63) is 23.0 Å². The van der Waals surface area contributed by atoms with E-state index in [1.54, 1.807) is 12.1 Å². The van der Waals surface area contributed by atoms with Crippen molar-refractivity contribution >= 4 is 33.2 Å². The zero-order valence-electron chi connectivity index (χ0n) is 7.90. The second-order valence-electron chi connectivity index (χ2n) is 3.11. The fourth-order valence-corrected chi connectivity index (χ4v) is 1.72. The van der Waals surface area contributed by atoms with Crippen LogP contribution in [0.3, 0.4) is 0 Å². The molecule has 0 saturated heterocycles. The minimum absolute atomic E-state index is 0.137. The predicted molar refractivity (Wildman–Crippen MR) is 63.0 cm³/mol. The van der Waals surface area contributed by atoms with Gasteiger partial charge in [0.05, 0.1) is 17.5 Å². The molecule has 6 heteroatoms. The summed E-state index contributed by atoms with van der Waals surface area (Å²) in [5.74, 6) is 0. The number of aliphatic hydroxyl groups excluding tert-OH is 2. The summed E-state index contributed by atoms with van der Waals surface area (Å²) in [6, 6.07) is 3.10. The van der Waals surface area contributed by atoms with Crippen LogP contribution in [0.15, 0.2) is 12.1 Å². The molecule has 4 N–H and O–H groups in total. The summed E-state index contributed by atoms with van der Waals surface area (Å²) in [4.78, 5) is 3.89. The van der Waals surface area contributed by atoms with Gasteiger partial charge in [0.25, 0.3) is 0 Å². The number of anilines is 1. The molecule has 0 saturated carbocycles. The first-order chi connectivity index (χ1) is 7.06. The van der Waals surface area contributed by atoms with Crippen molar-refractivity contribution < 1.29 is 10.2 Å². The summed E-state index contributed by atoms with van der Waals surface area (Å²) in [7, 11) is 0. The van der Waals surface area contributed by atoms with E-state index in [1.165, 1.54) is 0 Å². The third kappa shape index (κ3) is 3.31. The van der Waals surface area contributed by atoms with Gasteiger partial charge in [0.15, 0.2) is 5.15 Å². The lowest BCUT2D eigenvalue weighted by Gasteiger charge is -2.16. The van der Waals surface area contributed by atoms with E-state index in [4.69, 9.17) is 17.3 Å². The second kappa shape index (κ2) is 5.65. The van der Waals surface area contributed by atoms with Crippen LogP contribution in [0, 0.1) is 0 Å². The Morgan fingerprint density at radius 3 is 2.67 bits per heavy atom. The summed E-state index contributed by atoms with van der Waals surface area (Å²) in [6.07, 6.45) is -1.47.